The van der Waals surface area contributed by atoms with Gasteiger partial charge in [-0.25, -0.2) is 0 Å². The molecule has 2 rings (SSSR count). The van der Waals surface area contributed by atoms with Crippen molar-refractivity contribution in [3.63, 3.8) is 0 Å². The van der Waals surface area contributed by atoms with Gasteiger partial charge in [0.05, 0.1) is 12.8 Å². The molecule has 0 bridgehead atoms. The number of nitrogens with two attached hydrogens (primary N) is 1. The summed E-state index contributed by atoms with van der Waals surface area (Å²) in [6.07, 6.45) is 0. The van der Waals surface area contributed by atoms with Crippen LogP contribution in [0.1, 0.15) is 11.1 Å². The number of thiocarbonyl (C=S) groups is 1. The predicted molar refractivity (Wildman–Crippen MR) is 88.1 cm³/mol. The highest BCUT2D eigenvalue weighted by Crippen LogP contribution is 2.30. The minimum Gasteiger partial charge on any atom is -0.497 e. The molecule has 0 aliphatic heterocycles. The third kappa shape index (κ3) is 2.91. The standard InChI is InChI=1S/C16H18N2OS/c1-11-7-8-14(16(17)20)15(9-11)18(2)12-5-4-6-13(10-12)19-3/h4-10H,1-3H3,(H2,17,20). The van der Waals surface area contributed by atoms with Gasteiger partial charge in [0.1, 0.15) is 10.7 Å². The number of aryl methyl sites for hydroxylation is 1. The van der Waals surface area contributed by atoms with E-state index in [0.717, 1.165) is 28.3 Å². The molecule has 4 heteroatoms. The van der Waals surface area contributed by atoms with Gasteiger partial charge in [-0.15, -0.1) is 0 Å². The minimum atomic E-state index is 0.398. The predicted octanol–water partition coefficient (Wildman–Crippen LogP) is 3.41. The second kappa shape index (κ2) is 5.92. The van der Waals surface area contributed by atoms with Gasteiger partial charge in [-0.1, -0.05) is 24.4 Å². The van der Waals surface area contributed by atoms with Gasteiger partial charge in [0.25, 0.3) is 0 Å². The largest absolute Gasteiger partial charge is 0.497 e. The first-order valence-corrected chi connectivity index (χ1v) is 6.72. The quantitative estimate of drug-likeness (QED) is 0.874. The van der Waals surface area contributed by atoms with Crippen molar-refractivity contribution in [1.29, 1.82) is 0 Å². The summed E-state index contributed by atoms with van der Waals surface area (Å²) in [7, 11) is 3.65. The highest BCUT2D eigenvalue weighted by molar-refractivity contribution is 7.80. The minimum absolute atomic E-state index is 0.398. The summed E-state index contributed by atoms with van der Waals surface area (Å²) in [5.74, 6) is 0.818. The van der Waals surface area contributed by atoms with Crippen LogP contribution >= 0.6 is 12.2 Å². The number of benzene rings is 2. The Morgan fingerprint density at radius 2 is 1.95 bits per heavy atom. The lowest BCUT2D eigenvalue weighted by Crippen LogP contribution is -2.18. The molecule has 104 valence electrons. The monoisotopic (exact) mass is 286 g/mol. The number of hydrogen-bond acceptors (Lipinski definition) is 3. The summed E-state index contributed by atoms with van der Waals surface area (Å²) in [5.41, 5.74) is 9.86. The average Bonchev–Trinajstić information content (AvgIpc) is 2.46. The Balaban J connectivity index is 2.49. The zero-order valence-electron chi connectivity index (χ0n) is 11.9. The third-order valence-corrected chi connectivity index (χ3v) is 3.44. The summed E-state index contributed by atoms with van der Waals surface area (Å²) in [5, 5.41) is 0. The molecule has 0 unspecified atom stereocenters. The lowest BCUT2D eigenvalue weighted by atomic mass is 10.1. The van der Waals surface area contributed by atoms with Crippen LogP contribution in [0.15, 0.2) is 42.5 Å². The van der Waals surface area contributed by atoms with Gasteiger partial charge in [-0.05, 0) is 36.8 Å². The van der Waals surface area contributed by atoms with E-state index in [9.17, 15) is 0 Å². The number of anilines is 2. The van der Waals surface area contributed by atoms with Crippen LogP contribution in [-0.2, 0) is 0 Å². The fraction of sp³-hybridized carbons (Fsp3) is 0.188. The van der Waals surface area contributed by atoms with Gasteiger partial charge in [0.15, 0.2) is 0 Å². The van der Waals surface area contributed by atoms with Crippen LogP contribution in [-0.4, -0.2) is 19.1 Å². The van der Waals surface area contributed by atoms with Gasteiger partial charge in [-0.2, -0.15) is 0 Å². The molecule has 0 amide bonds. The molecule has 0 heterocycles. The Kier molecular flexibility index (Phi) is 4.25. The van der Waals surface area contributed by atoms with E-state index in [0.29, 0.717) is 4.99 Å². The van der Waals surface area contributed by atoms with E-state index >= 15 is 0 Å². The van der Waals surface area contributed by atoms with Crippen LogP contribution in [0.2, 0.25) is 0 Å². The van der Waals surface area contributed by atoms with Gasteiger partial charge in [0.2, 0.25) is 0 Å². The molecule has 0 aromatic heterocycles. The highest BCUT2D eigenvalue weighted by atomic mass is 32.1. The molecule has 0 fully saturated rings. The molecule has 0 aliphatic carbocycles. The fourth-order valence-electron chi connectivity index (χ4n) is 2.09. The van der Waals surface area contributed by atoms with Gasteiger partial charge >= 0.3 is 0 Å². The smallest absolute Gasteiger partial charge is 0.120 e. The van der Waals surface area contributed by atoms with Crippen LogP contribution in [0.25, 0.3) is 0 Å². The Labute approximate surface area is 125 Å². The van der Waals surface area contributed by atoms with E-state index in [-0.39, 0.29) is 0 Å². The van der Waals surface area contributed by atoms with Crippen molar-refractivity contribution >= 4 is 28.6 Å². The van der Waals surface area contributed by atoms with Crippen molar-refractivity contribution in [1.82, 2.24) is 0 Å². The van der Waals surface area contributed by atoms with E-state index in [1.165, 1.54) is 0 Å². The van der Waals surface area contributed by atoms with Crippen LogP contribution in [0.5, 0.6) is 5.75 Å². The van der Waals surface area contributed by atoms with Crippen LogP contribution < -0.4 is 15.4 Å². The van der Waals surface area contributed by atoms with Crippen LogP contribution in [0, 0.1) is 6.92 Å². The van der Waals surface area contributed by atoms with Crippen molar-refractivity contribution in [2.24, 2.45) is 5.73 Å². The van der Waals surface area contributed by atoms with E-state index in [1.54, 1.807) is 7.11 Å². The fourth-order valence-corrected chi connectivity index (χ4v) is 2.26. The molecule has 0 atom stereocenters. The van der Waals surface area contributed by atoms with E-state index in [1.807, 2.05) is 50.4 Å². The second-order valence-corrected chi connectivity index (χ2v) is 5.09. The Morgan fingerprint density at radius 3 is 2.60 bits per heavy atom. The molecule has 3 nitrogen and oxygen atoms in total. The molecule has 2 N–H and O–H groups in total. The average molecular weight is 286 g/mol. The lowest BCUT2D eigenvalue weighted by Gasteiger charge is -2.23. The highest BCUT2D eigenvalue weighted by Gasteiger charge is 2.12. The zero-order chi connectivity index (χ0) is 14.7. The molecule has 0 aliphatic rings. The SMILES string of the molecule is COc1cccc(N(C)c2cc(C)ccc2C(N)=S)c1. The Morgan fingerprint density at radius 1 is 1.20 bits per heavy atom. The summed E-state index contributed by atoms with van der Waals surface area (Å²) in [6.45, 7) is 2.05. The van der Waals surface area contributed by atoms with Gasteiger partial charge < -0.3 is 15.4 Å². The molecular formula is C16H18N2OS. The lowest BCUT2D eigenvalue weighted by molar-refractivity contribution is 0.415. The van der Waals surface area contributed by atoms with Crippen LogP contribution in [0.4, 0.5) is 11.4 Å². The van der Waals surface area contributed by atoms with Crippen molar-refractivity contribution < 1.29 is 4.74 Å². The zero-order valence-corrected chi connectivity index (χ0v) is 12.7. The summed E-state index contributed by atoms with van der Waals surface area (Å²) >= 11 is 5.14. The number of ether oxygens (including phenoxy) is 1. The van der Waals surface area contributed by atoms with Crippen molar-refractivity contribution in [3.05, 3.63) is 53.6 Å². The molecule has 2 aromatic rings. The van der Waals surface area contributed by atoms with Gasteiger partial charge in [-0.3, -0.25) is 0 Å². The normalized spacial score (nSPS) is 10.2. The number of rotatable bonds is 4. The molecule has 0 radical (unpaired) electrons. The van der Waals surface area contributed by atoms with Crippen LogP contribution in [0.3, 0.4) is 0 Å². The Hall–Kier alpha value is -2.07. The first kappa shape index (κ1) is 14.3. The number of methoxy groups -OCH3 is 1. The third-order valence-electron chi connectivity index (χ3n) is 3.22. The summed E-state index contributed by atoms with van der Waals surface area (Å²) in [4.78, 5) is 2.46. The molecule has 2 aromatic carbocycles. The van der Waals surface area contributed by atoms with Crippen molar-refractivity contribution in [2.75, 3.05) is 19.1 Å². The number of hydrogen-bond donors (Lipinski definition) is 1. The van der Waals surface area contributed by atoms with Crippen molar-refractivity contribution in [2.45, 2.75) is 6.92 Å². The molecular weight excluding hydrogens is 268 g/mol. The molecule has 0 saturated heterocycles. The van der Waals surface area contributed by atoms with Crippen molar-refractivity contribution in [3.8, 4) is 5.75 Å². The molecule has 20 heavy (non-hydrogen) atoms. The second-order valence-electron chi connectivity index (χ2n) is 4.65. The van der Waals surface area contributed by atoms with E-state index in [2.05, 4.69) is 11.0 Å². The van der Waals surface area contributed by atoms with E-state index < -0.39 is 0 Å². The Bertz CT molecular complexity index is 640. The van der Waals surface area contributed by atoms with E-state index in [4.69, 9.17) is 22.7 Å². The maximum atomic E-state index is 5.82. The summed E-state index contributed by atoms with van der Waals surface area (Å²) in [6, 6.07) is 13.9. The maximum Gasteiger partial charge on any atom is 0.120 e. The first-order valence-electron chi connectivity index (χ1n) is 6.31. The topological polar surface area (TPSA) is 38.5 Å². The van der Waals surface area contributed by atoms with Gasteiger partial charge in [0, 0.05) is 24.4 Å². The summed E-state index contributed by atoms with van der Waals surface area (Å²) < 4.78 is 5.27. The maximum absolute atomic E-state index is 5.82. The molecule has 0 saturated carbocycles. The molecule has 0 spiro atoms. The first-order chi connectivity index (χ1) is 9.52. The number of nitrogens with zero attached hydrogens (tertiary/aromatic N) is 1.